The lowest BCUT2D eigenvalue weighted by molar-refractivity contribution is 0.297. The van der Waals surface area contributed by atoms with Crippen LogP contribution in [0.2, 0.25) is 0 Å². The number of benzene rings is 2. The van der Waals surface area contributed by atoms with Crippen molar-refractivity contribution in [3.8, 4) is 17.2 Å². The van der Waals surface area contributed by atoms with Crippen molar-refractivity contribution in [3.63, 3.8) is 0 Å². The molecule has 3 rings (SSSR count). The minimum Gasteiger partial charge on any atom is -0.504 e. The molecule has 0 amide bonds. The van der Waals surface area contributed by atoms with E-state index in [0.717, 1.165) is 30.0 Å². The predicted molar refractivity (Wildman–Crippen MR) is 126 cm³/mol. The fourth-order valence-corrected chi connectivity index (χ4v) is 2.83. The SMILES string of the molecule is CCNC(=NCc1ccccc1OCC1CC1)NCc1cccc(OC)c1O.I. The van der Waals surface area contributed by atoms with E-state index in [0.29, 0.717) is 30.7 Å². The van der Waals surface area contributed by atoms with Crippen molar-refractivity contribution in [2.45, 2.75) is 32.9 Å². The lowest BCUT2D eigenvalue weighted by atomic mass is 10.2. The number of ether oxygens (including phenoxy) is 2. The monoisotopic (exact) mass is 511 g/mol. The number of phenolic OH excluding ortho intramolecular Hbond substituents is 1. The van der Waals surface area contributed by atoms with Gasteiger partial charge in [0.15, 0.2) is 17.5 Å². The van der Waals surface area contributed by atoms with Crippen LogP contribution < -0.4 is 20.1 Å². The van der Waals surface area contributed by atoms with E-state index in [2.05, 4.69) is 15.6 Å². The van der Waals surface area contributed by atoms with Gasteiger partial charge in [-0.3, -0.25) is 0 Å². The molecule has 158 valence electrons. The first-order valence-corrected chi connectivity index (χ1v) is 9.79. The van der Waals surface area contributed by atoms with Crippen molar-refractivity contribution >= 4 is 29.9 Å². The number of para-hydroxylation sites is 2. The lowest BCUT2D eigenvalue weighted by Crippen LogP contribution is -2.36. The van der Waals surface area contributed by atoms with Gasteiger partial charge >= 0.3 is 0 Å². The van der Waals surface area contributed by atoms with E-state index in [1.54, 1.807) is 13.2 Å². The summed E-state index contributed by atoms with van der Waals surface area (Å²) in [5, 5.41) is 16.7. The molecule has 7 heteroatoms. The second-order valence-electron chi connectivity index (χ2n) is 6.88. The number of nitrogens with one attached hydrogen (secondary N) is 2. The average Bonchev–Trinajstić information content (AvgIpc) is 3.54. The molecule has 2 aromatic rings. The molecule has 0 heterocycles. The van der Waals surface area contributed by atoms with E-state index in [1.165, 1.54) is 12.8 Å². The molecule has 0 aromatic heterocycles. The van der Waals surface area contributed by atoms with Crippen molar-refractivity contribution in [1.29, 1.82) is 0 Å². The zero-order valence-corrected chi connectivity index (χ0v) is 19.3. The maximum Gasteiger partial charge on any atom is 0.191 e. The van der Waals surface area contributed by atoms with Gasteiger partial charge in [-0.15, -0.1) is 24.0 Å². The highest BCUT2D eigenvalue weighted by Gasteiger charge is 2.22. The third-order valence-electron chi connectivity index (χ3n) is 4.64. The normalized spacial score (nSPS) is 13.4. The van der Waals surface area contributed by atoms with Crippen LogP contribution >= 0.6 is 24.0 Å². The van der Waals surface area contributed by atoms with Crippen molar-refractivity contribution in [3.05, 3.63) is 53.6 Å². The number of methoxy groups -OCH3 is 1. The van der Waals surface area contributed by atoms with Crippen molar-refractivity contribution < 1.29 is 14.6 Å². The van der Waals surface area contributed by atoms with E-state index in [4.69, 9.17) is 9.47 Å². The van der Waals surface area contributed by atoms with Crippen LogP contribution in [-0.4, -0.2) is 31.3 Å². The third-order valence-corrected chi connectivity index (χ3v) is 4.64. The fourth-order valence-electron chi connectivity index (χ4n) is 2.83. The molecular weight excluding hydrogens is 481 g/mol. The summed E-state index contributed by atoms with van der Waals surface area (Å²) >= 11 is 0. The first-order valence-electron chi connectivity index (χ1n) is 9.79. The zero-order valence-electron chi connectivity index (χ0n) is 17.0. The van der Waals surface area contributed by atoms with Crippen LogP contribution in [0.1, 0.15) is 30.9 Å². The number of hydrogen-bond acceptors (Lipinski definition) is 4. The van der Waals surface area contributed by atoms with Crippen LogP contribution in [0.15, 0.2) is 47.5 Å². The molecule has 6 nitrogen and oxygen atoms in total. The molecule has 1 aliphatic rings. The Labute approximate surface area is 189 Å². The molecule has 0 unspecified atom stereocenters. The van der Waals surface area contributed by atoms with E-state index < -0.39 is 0 Å². The molecule has 1 fully saturated rings. The standard InChI is InChI=1S/C22H29N3O3.HI/c1-3-23-22(25-14-18-8-6-10-20(27-2)21(18)26)24-13-17-7-4-5-9-19(17)28-15-16-11-12-16;/h4-10,16,26H,3,11-15H2,1-2H3,(H2,23,24,25);1H. The van der Waals surface area contributed by atoms with Crippen LogP contribution in [0.5, 0.6) is 17.2 Å². The van der Waals surface area contributed by atoms with Gasteiger partial charge in [0.2, 0.25) is 0 Å². The van der Waals surface area contributed by atoms with Crippen LogP contribution in [0.3, 0.4) is 0 Å². The van der Waals surface area contributed by atoms with Gasteiger partial charge in [-0.25, -0.2) is 4.99 Å². The van der Waals surface area contributed by atoms with Crippen LogP contribution in [0.4, 0.5) is 0 Å². The largest absolute Gasteiger partial charge is 0.504 e. The Bertz CT molecular complexity index is 810. The van der Waals surface area contributed by atoms with Gasteiger partial charge < -0.3 is 25.2 Å². The molecule has 0 saturated heterocycles. The van der Waals surface area contributed by atoms with Gasteiger partial charge in [0, 0.05) is 24.2 Å². The highest BCUT2D eigenvalue weighted by atomic mass is 127. The molecule has 2 aromatic carbocycles. The second-order valence-corrected chi connectivity index (χ2v) is 6.88. The predicted octanol–water partition coefficient (Wildman–Crippen LogP) is 4.06. The number of aliphatic imine (C=N–C) groups is 1. The molecule has 3 N–H and O–H groups in total. The van der Waals surface area contributed by atoms with E-state index in [9.17, 15) is 5.11 Å². The van der Waals surface area contributed by atoms with E-state index in [-0.39, 0.29) is 29.7 Å². The number of halogens is 1. The summed E-state index contributed by atoms with van der Waals surface area (Å²) in [5.41, 5.74) is 1.81. The molecule has 29 heavy (non-hydrogen) atoms. The molecular formula is C22H30IN3O3. The first-order chi connectivity index (χ1) is 13.7. The van der Waals surface area contributed by atoms with Gasteiger partial charge in [-0.1, -0.05) is 30.3 Å². The highest BCUT2D eigenvalue weighted by Crippen LogP contribution is 2.31. The van der Waals surface area contributed by atoms with Gasteiger partial charge in [0.05, 0.1) is 20.3 Å². The quantitative estimate of drug-likeness (QED) is 0.269. The second kappa shape index (κ2) is 11.7. The molecule has 0 atom stereocenters. The maximum atomic E-state index is 10.2. The summed E-state index contributed by atoms with van der Waals surface area (Å²) in [6.45, 7) is 4.51. The topological polar surface area (TPSA) is 75.1 Å². The molecule has 1 saturated carbocycles. The maximum absolute atomic E-state index is 10.2. The Morgan fingerprint density at radius 2 is 1.79 bits per heavy atom. The summed E-state index contributed by atoms with van der Waals surface area (Å²) in [6.07, 6.45) is 2.54. The Morgan fingerprint density at radius 1 is 1.07 bits per heavy atom. The number of aromatic hydroxyl groups is 1. The van der Waals surface area contributed by atoms with Gasteiger partial charge in [0.1, 0.15) is 5.75 Å². The van der Waals surface area contributed by atoms with Crippen LogP contribution in [0, 0.1) is 5.92 Å². The number of nitrogens with zero attached hydrogens (tertiary/aromatic N) is 1. The fraction of sp³-hybridized carbons (Fsp3) is 0.409. The summed E-state index contributed by atoms with van der Waals surface area (Å²) < 4.78 is 11.1. The van der Waals surface area contributed by atoms with Crippen molar-refractivity contribution in [2.24, 2.45) is 10.9 Å². The third kappa shape index (κ3) is 6.99. The minimum absolute atomic E-state index is 0. The van der Waals surface area contributed by atoms with Crippen molar-refractivity contribution in [1.82, 2.24) is 10.6 Å². The Kier molecular flexibility index (Phi) is 9.37. The smallest absolute Gasteiger partial charge is 0.191 e. The number of hydrogen-bond donors (Lipinski definition) is 3. The Hall–Kier alpha value is -2.16. The van der Waals surface area contributed by atoms with Gasteiger partial charge in [-0.2, -0.15) is 0 Å². The molecule has 0 spiro atoms. The van der Waals surface area contributed by atoms with Gasteiger partial charge in [0.25, 0.3) is 0 Å². The molecule has 0 radical (unpaired) electrons. The molecule has 1 aliphatic carbocycles. The number of phenols is 1. The van der Waals surface area contributed by atoms with Crippen molar-refractivity contribution in [2.75, 3.05) is 20.3 Å². The van der Waals surface area contributed by atoms with E-state index in [1.807, 2.05) is 43.3 Å². The summed E-state index contributed by atoms with van der Waals surface area (Å²) in [6, 6.07) is 13.5. The van der Waals surface area contributed by atoms with E-state index >= 15 is 0 Å². The lowest BCUT2D eigenvalue weighted by Gasteiger charge is -2.14. The van der Waals surface area contributed by atoms with Crippen LogP contribution in [-0.2, 0) is 13.1 Å². The Balaban J connectivity index is 0.00000300. The molecule has 0 aliphatic heterocycles. The molecule has 0 bridgehead atoms. The van der Waals surface area contributed by atoms with Gasteiger partial charge in [-0.05, 0) is 37.8 Å². The average molecular weight is 511 g/mol. The summed E-state index contributed by atoms with van der Waals surface area (Å²) in [4.78, 5) is 4.68. The zero-order chi connectivity index (χ0) is 19.8. The Morgan fingerprint density at radius 3 is 2.52 bits per heavy atom. The summed E-state index contributed by atoms with van der Waals surface area (Å²) in [7, 11) is 1.54. The summed E-state index contributed by atoms with van der Waals surface area (Å²) in [5.74, 6) is 2.90. The van der Waals surface area contributed by atoms with Crippen LogP contribution in [0.25, 0.3) is 0 Å². The highest BCUT2D eigenvalue weighted by molar-refractivity contribution is 14.0. The number of rotatable bonds is 9. The minimum atomic E-state index is 0. The first kappa shape index (κ1) is 23.1. The number of guanidine groups is 1.